The Hall–Kier alpha value is -7.94. The molecular formula is C58H37NO. The molecule has 0 unspecified atom stereocenters. The van der Waals surface area contributed by atoms with Gasteiger partial charge in [0.1, 0.15) is 11.2 Å². The molecule has 0 atom stereocenters. The van der Waals surface area contributed by atoms with Crippen molar-refractivity contribution in [3.05, 3.63) is 224 Å². The average molecular weight is 764 g/mol. The summed E-state index contributed by atoms with van der Waals surface area (Å²) in [5, 5.41) is 12.3. The smallest absolute Gasteiger partial charge is 0.136 e. The van der Waals surface area contributed by atoms with E-state index in [2.05, 4.69) is 223 Å². The van der Waals surface area contributed by atoms with Crippen LogP contribution in [0.5, 0.6) is 0 Å². The van der Waals surface area contributed by atoms with Crippen LogP contribution < -0.4 is 4.90 Å². The van der Waals surface area contributed by atoms with Crippen molar-refractivity contribution < 1.29 is 4.42 Å². The summed E-state index contributed by atoms with van der Waals surface area (Å²) in [5.41, 5.74) is 12.3. The standard InChI is InChI=1S/C58H37NO/c1-2-11-38(12-3-1)39-21-28-44(29-22-39)59(46-32-25-42(26-33-46)48-19-10-14-41-13-4-5-15-47(41)48)45-30-23-40(24-31-45)43-27-34-50-49-16-6-7-17-51(49)57-52(54(50)37-43)35-36-56-58(57)53-18-8-9-20-55(53)60-56/h1-37H. The van der Waals surface area contributed by atoms with Crippen molar-refractivity contribution in [1.29, 1.82) is 0 Å². The van der Waals surface area contributed by atoms with Gasteiger partial charge < -0.3 is 9.32 Å². The molecule has 11 aromatic carbocycles. The molecule has 1 aromatic heterocycles. The summed E-state index contributed by atoms with van der Waals surface area (Å²) < 4.78 is 6.37. The van der Waals surface area contributed by atoms with Gasteiger partial charge in [-0.2, -0.15) is 0 Å². The molecular weight excluding hydrogens is 727 g/mol. The Balaban J connectivity index is 0.969. The number of hydrogen-bond acceptors (Lipinski definition) is 2. The summed E-state index contributed by atoms with van der Waals surface area (Å²) in [5.74, 6) is 0. The molecule has 12 rings (SSSR count). The number of para-hydroxylation sites is 1. The lowest BCUT2D eigenvalue weighted by molar-refractivity contribution is 0.669. The van der Waals surface area contributed by atoms with Crippen molar-refractivity contribution in [2.75, 3.05) is 4.90 Å². The van der Waals surface area contributed by atoms with E-state index in [1.807, 2.05) is 6.07 Å². The highest BCUT2D eigenvalue weighted by molar-refractivity contribution is 6.34. The molecule has 0 radical (unpaired) electrons. The van der Waals surface area contributed by atoms with Gasteiger partial charge in [-0.05, 0) is 132 Å². The van der Waals surface area contributed by atoms with Crippen molar-refractivity contribution in [3.8, 4) is 33.4 Å². The van der Waals surface area contributed by atoms with Crippen molar-refractivity contribution in [3.63, 3.8) is 0 Å². The Kier molecular flexibility index (Phi) is 7.89. The highest BCUT2D eigenvalue weighted by atomic mass is 16.3. The highest BCUT2D eigenvalue weighted by Crippen LogP contribution is 2.44. The number of rotatable bonds is 6. The second-order valence-corrected chi connectivity index (χ2v) is 15.6. The zero-order valence-electron chi connectivity index (χ0n) is 32.7. The van der Waals surface area contributed by atoms with Crippen LogP contribution in [0.15, 0.2) is 229 Å². The van der Waals surface area contributed by atoms with Crippen molar-refractivity contribution in [2.45, 2.75) is 0 Å². The lowest BCUT2D eigenvalue weighted by atomic mass is 9.90. The van der Waals surface area contributed by atoms with E-state index in [-0.39, 0.29) is 0 Å². The van der Waals surface area contributed by atoms with Gasteiger partial charge in [-0.3, -0.25) is 0 Å². The van der Waals surface area contributed by atoms with Crippen LogP contribution in [0.1, 0.15) is 0 Å². The monoisotopic (exact) mass is 763 g/mol. The summed E-state index contributed by atoms with van der Waals surface area (Å²) in [4.78, 5) is 2.35. The number of furan rings is 1. The summed E-state index contributed by atoms with van der Waals surface area (Å²) in [6, 6.07) is 81.2. The second kappa shape index (κ2) is 13.9. The zero-order valence-corrected chi connectivity index (χ0v) is 32.7. The fourth-order valence-electron chi connectivity index (χ4n) is 9.39. The normalized spacial score (nSPS) is 11.7. The lowest BCUT2D eigenvalue weighted by Crippen LogP contribution is -2.09. The molecule has 12 aromatic rings. The van der Waals surface area contributed by atoms with Crippen LogP contribution >= 0.6 is 0 Å². The second-order valence-electron chi connectivity index (χ2n) is 15.6. The molecule has 0 aliphatic heterocycles. The fourth-order valence-corrected chi connectivity index (χ4v) is 9.39. The van der Waals surface area contributed by atoms with Crippen molar-refractivity contribution in [2.24, 2.45) is 0 Å². The van der Waals surface area contributed by atoms with E-state index < -0.39 is 0 Å². The Morgan fingerprint density at radius 1 is 0.267 bits per heavy atom. The maximum absolute atomic E-state index is 6.37. The van der Waals surface area contributed by atoms with Gasteiger partial charge >= 0.3 is 0 Å². The predicted molar refractivity (Wildman–Crippen MR) is 255 cm³/mol. The van der Waals surface area contributed by atoms with Gasteiger partial charge in [0.05, 0.1) is 0 Å². The molecule has 0 aliphatic rings. The largest absolute Gasteiger partial charge is 0.456 e. The van der Waals surface area contributed by atoms with Crippen LogP contribution in [0.25, 0.3) is 98.4 Å². The molecule has 0 amide bonds. The fraction of sp³-hybridized carbons (Fsp3) is 0. The van der Waals surface area contributed by atoms with E-state index in [9.17, 15) is 0 Å². The Labute approximate surface area is 347 Å². The van der Waals surface area contributed by atoms with Crippen LogP contribution in [0, 0.1) is 0 Å². The van der Waals surface area contributed by atoms with E-state index in [1.54, 1.807) is 0 Å². The van der Waals surface area contributed by atoms with Gasteiger partial charge in [0.15, 0.2) is 0 Å². The van der Waals surface area contributed by atoms with Gasteiger partial charge in [-0.15, -0.1) is 0 Å². The first kappa shape index (κ1) is 34.1. The quantitative estimate of drug-likeness (QED) is 0.157. The minimum Gasteiger partial charge on any atom is -0.456 e. The number of hydrogen-bond donors (Lipinski definition) is 0. The van der Waals surface area contributed by atoms with Gasteiger partial charge in [-0.1, -0.05) is 164 Å². The first-order valence-electron chi connectivity index (χ1n) is 20.6. The minimum atomic E-state index is 0.917. The molecule has 1 heterocycles. The third kappa shape index (κ3) is 5.57. The topological polar surface area (TPSA) is 16.4 Å². The van der Waals surface area contributed by atoms with Gasteiger partial charge in [0, 0.05) is 33.2 Å². The lowest BCUT2D eigenvalue weighted by Gasteiger charge is -2.26. The van der Waals surface area contributed by atoms with Gasteiger partial charge in [0.25, 0.3) is 0 Å². The molecule has 0 saturated carbocycles. The molecule has 0 fully saturated rings. The first-order valence-corrected chi connectivity index (χ1v) is 20.6. The van der Waals surface area contributed by atoms with Crippen LogP contribution in [0.2, 0.25) is 0 Å². The molecule has 0 aliphatic carbocycles. The molecule has 60 heavy (non-hydrogen) atoms. The summed E-state index contributed by atoms with van der Waals surface area (Å²) in [7, 11) is 0. The maximum atomic E-state index is 6.37. The maximum Gasteiger partial charge on any atom is 0.136 e. The molecule has 0 spiro atoms. The predicted octanol–water partition coefficient (Wildman–Crippen LogP) is 16.7. The number of benzene rings is 11. The third-order valence-corrected chi connectivity index (χ3v) is 12.3. The SMILES string of the molecule is c1ccc(-c2ccc(N(c3ccc(-c4ccc5c6ccccc6c6c(ccc7oc8ccccc8c76)c5c4)cc3)c3ccc(-c4cccc5ccccc45)cc3)cc2)cc1. The molecule has 0 bridgehead atoms. The van der Waals surface area contributed by atoms with Crippen molar-refractivity contribution >= 4 is 82.1 Å². The summed E-state index contributed by atoms with van der Waals surface area (Å²) >= 11 is 0. The van der Waals surface area contributed by atoms with Crippen LogP contribution in [-0.4, -0.2) is 0 Å². The van der Waals surface area contributed by atoms with E-state index in [4.69, 9.17) is 4.42 Å². The van der Waals surface area contributed by atoms with Crippen LogP contribution in [-0.2, 0) is 0 Å². The molecule has 2 nitrogen and oxygen atoms in total. The summed E-state index contributed by atoms with van der Waals surface area (Å²) in [6.45, 7) is 0. The number of fused-ring (bicyclic) bond motifs is 11. The minimum absolute atomic E-state index is 0.917. The number of anilines is 3. The first-order chi connectivity index (χ1) is 29.7. The Morgan fingerprint density at radius 2 is 0.767 bits per heavy atom. The van der Waals surface area contributed by atoms with E-state index in [1.165, 1.54) is 81.9 Å². The van der Waals surface area contributed by atoms with E-state index >= 15 is 0 Å². The van der Waals surface area contributed by atoms with E-state index in [0.717, 1.165) is 33.6 Å². The van der Waals surface area contributed by atoms with Crippen LogP contribution in [0.4, 0.5) is 17.1 Å². The Bertz CT molecular complexity index is 3560. The third-order valence-electron chi connectivity index (χ3n) is 12.3. The molecule has 0 N–H and O–H groups in total. The van der Waals surface area contributed by atoms with Crippen molar-refractivity contribution in [1.82, 2.24) is 0 Å². The van der Waals surface area contributed by atoms with Crippen LogP contribution in [0.3, 0.4) is 0 Å². The summed E-state index contributed by atoms with van der Waals surface area (Å²) in [6.07, 6.45) is 0. The average Bonchev–Trinajstić information content (AvgIpc) is 3.71. The van der Waals surface area contributed by atoms with Gasteiger partial charge in [-0.25, -0.2) is 0 Å². The molecule has 2 heteroatoms. The molecule has 0 saturated heterocycles. The Morgan fingerprint density at radius 3 is 1.50 bits per heavy atom. The molecule has 280 valence electrons. The number of nitrogens with zero attached hydrogens (tertiary/aromatic N) is 1. The van der Waals surface area contributed by atoms with E-state index in [0.29, 0.717) is 0 Å². The highest BCUT2D eigenvalue weighted by Gasteiger charge is 2.18. The van der Waals surface area contributed by atoms with Gasteiger partial charge in [0.2, 0.25) is 0 Å². The zero-order chi connectivity index (χ0) is 39.6.